The number of rotatable bonds is 0. The predicted octanol–water partition coefficient (Wildman–Crippen LogP) is -2.23. The zero-order chi connectivity index (χ0) is 4.50. The van der Waals surface area contributed by atoms with Gasteiger partial charge < -0.3 is 14.7 Å². The Morgan fingerprint density at radius 3 is 1.14 bits per heavy atom. The number of hydrogen-bond acceptors (Lipinski definition) is 1. The zero-order valence-electron chi connectivity index (χ0n) is 2.77. The van der Waals surface area contributed by atoms with Crippen LogP contribution in [0.25, 0.3) is 0 Å². The summed E-state index contributed by atoms with van der Waals surface area (Å²) in [6.45, 7) is 0. The molecule has 0 saturated heterocycles. The molecule has 0 saturated carbocycles. The minimum atomic E-state index is -4.64. The van der Waals surface area contributed by atoms with Crippen molar-refractivity contribution < 1.29 is 19.2 Å². The quantitative estimate of drug-likeness (QED) is 0.270. The van der Waals surface area contributed by atoms with E-state index in [0.717, 1.165) is 0 Å². The zero-order valence-corrected chi connectivity index (χ0v) is 3.67. The van der Waals surface area contributed by atoms with Crippen molar-refractivity contribution in [3.63, 3.8) is 0 Å². The van der Waals surface area contributed by atoms with Crippen LogP contribution in [0.3, 0.4) is 0 Å². The van der Waals surface area contributed by atoms with Crippen LogP contribution >= 0.6 is 7.82 Å². The molecule has 0 aliphatic rings. The molecule has 7 heteroatoms. The summed E-state index contributed by atoms with van der Waals surface area (Å²) in [5.74, 6) is 0. The van der Waals surface area contributed by atoms with Crippen molar-refractivity contribution in [3.8, 4) is 0 Å². The molecule has 0 aliphatic heterocycles. The van der Waals surface area contributed by atoms with Gasteiger partial charge in [0.25, 0.3) is 0 Å². The predicted molar refractivity (Wildman–Crippen MR) is 28.6 cm³/mol. The van der Waals surface area contributed by atoms with Gasteiger partial charge in [-0.15, -0.1) is 0 Å². The van der Waals surface area contributed by atoms with E-state index in [0.29, 0.717) is 0 Å². The van der Waals surface area contributed by atoms with Gasteiger partial charge in [-0.1, -0.05) is 0 Å². The first-order valence-corrected chi connectivity index (χ1v) is 2.35. The van der Waals surface area contributed by atoms with E-state index in [1.54, 1.807) is 0 Å². The summed E-state index contributed by atoms with van der Waals surface area (Å²) >= 11 is 0. The summed E-state index contributed by atoms with van der Waals surface area (Å²) in [4.78, 5) is 21.6. The molecule has 7 heavy (non-hydrogen) atoms. The standard InChI is InChI=1S/B.Ca.H3O4P.2H/c;;1-5(2,3)4;;/h;;(H3,1,2,3,4);;. The Balaban J connectivity index is -0.0000000800. The number of hydrogen-bond donors (Lipinski definition) is 3. The Kier molecular flexibility index (Phi) is 12.6. The van der Waals surface area contributed by atoms with E-state index in [4.69, 9.17) is 19.2 Å². The third-order valence-electron chi connectivity index (χ3n) is 0. The second-order valence-corrected chi connectivity index (χ2v) is 1.54. The molecule has 0 aliphatic carbocycles. The molecule has 3 N–H and O–H groups in total. The van der Waals surface area contributed by atoms with Gasteiger partial charge in [-0.3, -0.25) is 0 Å². The van der Waals surface area contributed by atoms with E-state index in [2.05, 4.69) is 0 Å². The molecule has 0 aromatic heterocycles. The van der Waals surface area contributed by atoms with E-state index < -0.39 is 7.82 Å². The van der Waals surface area contributed by atoms with Gasteiger partial charge in [0, 0.05) is 8.41 Å². The Morgan fingerprint density at radius 2 is 1.14 bits per heavy atom. The van der Waals surface area contributed by atoms with Crippen LogP contribution in [0.15, 0.2) is 0 Å². The molecule has 39 valence electrons. The Labute approximate surface area is 72.7 Å². The molecule has 0 rings (SSSR count). The molecule has 0 amide bonds. The third-order valence-corrected chi connectivity index (χ3v) is 0. The molecule has 0 heterocycles. The second kappa shape index (κ2) is 5.57. The fourth-order valence-electron chi connectivity index (χ4n) is 0. The SMILES string of the molecule is O=P(O)(O)O.[B].[CaH2]. The average Bonchev–Trinajstić information content (AvgIpc) is 0.722. The van der Waals surface area contributed by atoms with Crippen LogP contribution in [0.1, 0.15) is 0 Å². The van der Waals surface area contributed by atoms with E-state index in [9.17, 15) is 0 Å². The number of phosphoric acid groups is 1. The molecule has 4 nitrogen and oxygen atoms in total. The average molecular weight is 151 g/mol. The van der Waals surface area contributed by atoms with Gasteiger partial charge >= 0.3 is 45.6 Å². The van der Waals surface area contributed by atoms with E-state index in [1.165, 1.54) is 0 Å². The minimum absolute atomic E-state index is 0. The molecule has 0 bridgehead atoms. The summed E-state index contributed by atoms with van der Waals surface area (Å²) in [5, 5.41) is 0. The van der Waals surface area contributed by atoms with Crippen molar-refractivity contribution in [3.05, 3.63) is 0 Å². The van der Waals surface area contributed by atoms with Crippen molar-refractivity contribution in [1.29, 1.82) is 0 Å². The Morgan fingerprint density at radius 1 is 1.14 bits per heavy atom. The third kappa shape index (κ3) is 107. The monoisotopic (exact) mass is 151 g/mol. The van der Waals surface area contributed by atoms with Gasteiger partial charge in [0.1, 0.15) is 0 Å². The van der Waals surface area contributed by atoms with Crippen LogP contribution in [-0.4, -0.2) is 60.8 Å². The summed E-state index contributed by atoms with van der Waals surface area (Å²) in [6.07, 6.45) is 0. The van der Waals surface area contributed by atoms with E-state index >= 15 is 0 Å². The molecule has 0 aromatic carbocycles. The van der Waals surface area contributed by atoms with Gasteiger partial charge in [-0.05, 0) is 0 Å². The fourth-order valence-corrected chi connectivity index (χ4v) is 0. The normalized spacial score (nSPS) is 8.43. The first-order chi connectivity index (χ1) is 2.00. The molecular formula is H5BCaO4P. The van der Waals surface area contributed by atoms with Crippen molar-refractivity contribution in [2.45, 2.75) is 0 Å². The Bertz CT molecular complexity index is 57.8. The van der Waals surface area contributed by atoms with Gasteiger partial charge in [-0.25, -0.2) is 4.57 Å². The summed E-state index contributed by atoms with van der Waals surface area (Å²) in [7, 11) is -4.64. The van der Waals surface area contributed by atoms with Crippen LogP contribution in [0.2, 0.25) is 0 Å². The first kappa shape index (κ1) is 15.8. The van der Waals surface area contributed by atoms with Gasteiger partial charge in [0.05, 0.1) is 0 Å². The van der Waals surface area contributed by atoms with Gasteiger partial charge in [-0.2, -0.15) is 0 Å². The van der Waals surface area contributed by atoms with Gasteiger partial charge in [0.15, 0.2) is 0 Å². The topological polar surface area (TPSA) is 77.8 Å². The van der Waals surface area contributed by atoms with E-state index in [-0.39, 0.29) is 46.2 Å². The summed E-state index contributed by atoms with van der Waals surface area (Å²) < 4.78 is 8.88. The molecule has 0 unspecified atom stereocenters. The van der Waals surface area contributed by atoms with Crippen LogP contribution in [0, 0.1) is 0 Å². The van der Waals surface area contributed by atoms with Crippen molar-refractivity contribution in [1.82, 2.24) is 0 Å². The maximum atomic E-state index is 8.88. The maximum absolute atomic E-state index is 8.88. The van der Waals surface area contributed by atoms with E-state index in [1.807, 2.05) is 0 Å². The van der Waals surface area contributed by atoms with Crippen molar-refractivity contribution in [2.24, 2.45) is 0 Å². The molecular weight excluding hydrogens is 146 g/mol. The van der Waals surface area contributed by atoms with Crippen LogP contribution in [0.4, 0.5) is 0 Å². The second-order valence-electron chi connectivity index (χ2n) is 0.513. The summed E-state index contributed by atoms with van der Waals surface area (Å²) in [6, 6.07) is 0. The van der Waals surface area contributed by atoms with Crippen LogP contribution in [-0.2, 0) is 4.57 Å². The molecule has 0 fully saturated rings. The first-order valence-electron chi connectivity index (χ1n) is 0.783. The molecule has 0 atom stereocenters. The molecule has 0 aromatic rings. The van der Waals surface area contributed by atoms with Crippen molar-refractivity contribution in [2.75, 3.05) is 0 Å². The fraction of sp³-hybridized carbons (Fsp3) is 0. The molecule has 0 spiro atoms. The summed E-state index contributed by atoms with van der Waals surface area (Å²) in [5.41, 5.74) is 0. The van der Waals surface area contributed by atoms with Crippen LogP contribution < -0.4 is 0 Å². The van der Waals surface area contributed by atoms with Gasteiger partial charge in [0.2, 0.25) is 0 Å². The van der Waals surface area contributed by atoms with Crippen molar-refractivity contribution >= 4 is 54.0 Å². The molecule has 3 radical (unpaired) electrons. The Hall–Kier alpha value is 1.43. The van der Waals surface area contributed by atoms with Crippen LogP contribution in [0.5, 0.6) is 0 Å².